The second-order valence-electron chi connectivity index (χ2n) is 6.30. The van der Waals surface area contributed by atoms with Gasteiger partial charge in [0.05, 0.1) is 21.7 Å². The maximum Gasteiger partial charge on any atom is 0.234 e. The molecule has 1 heterocycles. The van der Waals surface area contributed by atoms with Gasteiger partial charge in [0.25, 0.3) is 0 Å². The number of aromatic hydroxyl groups is 1. The molecule has 3 aromatic carbocycles. The molecule has 0 bridgehead atoms. The van der Waals surface area contributed by atoms with E-state index < -0.39 is 0 Å². The molecule has 150 valence electrons. The maximum absolute atomic E-state index is 12.1. The van der Waals surface area contributed by atoms with Gasteiger partial charge in [-0.05, 0) is 48.5 Å². The molecule has 0 fully saturated rings. The van der Waals surface area contributed by atoms with Crippen molar-refractivity contribution in [3.05, 3.63) is 76.8 Å². The van der Waals surface area contributed by atoms with Crippen molar-refractivity contribution in [2.24, 2.45) is 4.99 Å². The van der Waals surface area contributed by atoms with E-state index in [2.05, 4.69) is 31.2 Å². The van der Waals surface area contributed by atoms with E-state index in [9.17, 15) is 9.90 Å². The van der Waals surface area contributed by atoms with Crippen LogP contribution in [0.15, 0.2) is 80.5 Å². The zero-order chi connectivity index (χ0) is 20.9. The lowest BCUT2D eigenvalue weighted by Gasteiger charge is -2.03. The minimum Gasteiger partial charge on any atom is -0.507 e. The molecule has 0 atom stereocenters. The summed E-state index contributed by atoms with van der Waals surface area (Å²) in [5.41, 5.74) is 3.06. The molecule has 0 aliphatic carbocycles. The molecule has 4 aromatic rings. The van der Waals surface area contributed by atoms with Crippen LogP contribution in [0, 0.1) is 0 Å². The van der Waals surface area contributed by atoms with Crippen molar-refractivity contribution in [2.75, 3.05) is 11.1 Å². The highest BCUT2D eigenvalue weighted by Gasteiger charge is 2.09. The van der Waals surface area contributed by atoms with Crippen molar-refractivity contribution in [1.82, 2.24) is 4.98 Å². The van der Waals surface area contributed by atoms with Gasteiger partial charge in [-0.1, -0.05) is 45.9 Å². The third-order valence-corrected chi connectivity index (χ3v) is 6.73. The molecule has 0 radical (unpaired) electrons. The number of benzene rings is 3. The Morgan fingerprint density at radius 2 is 2.00 bits per heavy atom. The molecule has 2 N–H and O–H groups in total. The Bertz CT molecular complexity index is 1230. The molecule has 0 unspecified atom stereocenters. The summed E-state index contributed by atoms with van der Waals surface area (Å²) < 4.78 is 2.70. The fraction of sp³-hybridized carbons (Fsp3) is 0.0455. The maximum atomic E-state index is 12.1. The van der Waals surface area contributed by atoms with Crippen LogP contribution in [0.3, 0.4) is 0 Å². The number of nitrogens with zero attached hydrogens (tertiary/aromatic N) is 2. The Morgan fingerprint density at radius 1 is 1.17 bits per heavy atom. The molecule has 8 heteroatoms. The third kappa shape index (κ3) is 5.27. The lowest BCUT2D eigenvalue weighted by Crippen LogP contribution is -2.13. The first-order valence-electron chi connectivity index (χ1n) is 8.98. The largest absolute Gasteiger partial charge is 0.507 e. The van der Waals surface area contributed by atoms with E-state index in [0.29, 0.717) is 11.3 Å². The monoisotopic (exact) mass is 497 g/mol. The number of thioether (sulfide) groups is 1. The van der Waals surface area contributed by atoms with Gasteiger partial charge in [0.2, 0.25) is 5.91 Å². The zero-order valence-electron chi connectivity index (χ0n) is 15.6. The second kappa shape index (κ2) is 9.42. The normalized spacial score (nSPS) is 11.2. The SMILES string of the molecule is O=C(CSc1nc2ccc(N=Cc3cc(Br)ccc3O)cc2s1)Nc1ccccc1. The summed E-state index contributed by atoms with van der Waals surface area (Å²) in [6, 6.07) is 20.3. The Balaban J connectivity index is 1.42. The number of nitrogens with one attached hydrogen (secondary N) is 1. The van der Waals surface area contributed by atoms with E-state index in [1.807, 2.05) is 48.5 Å². The van der Waals surface area contributed by atoms with E-state index in [1.54, 1.807) is 24.4 Å². The van der Waals surface area contributed by atoms with Gasteiger partial charge >= 0.3 is 0 Å². The van der Waals surface area contributed by atoms with Crippen molar-refractivity contribution in [3.8, 4) is 5.75 Å². The van der Waals surface area contributed by atoms with Gasteiger partial charge in [0.15, 0.2) is 4.34 Å². The summed E-state index contributed by atoms with van der Waals surface area (Å²) in [4.78, 5) is 21.2. The first-order valence-corrected chi connectivity index (χ1v) is 11.6. The number of rotatable bonds is 6. The number of thiazole rings is 1. The molecular formula is C22H16BrN3O2S2. The number of phenols is 1. The van der Waals surface area contributed by atoms with Crippen LogP contribution < -0.4 is 5.32 Å². The number of aromatic nitrogens is 1. The zero-order valence-corrected chi connectivity index (χ0v) is 18.8. The van der Waals surface area contributed by atoms with Crippen molar-refractivity contribution in [3.63, 3.8) is 0 Å². The van der Waals surface area contributed by atoms with Gasteiger partial charge < -0.3 is 10.4 Å². The Hall–Kier alpha value is -2.68. The molecule has 0 spiro atoms. The summed E-state index contributed by atoms with van der Waals surface area (Å²) in [6.07, 6.45) is 1.63. The fourth-order valence-corrected chi connectivity index (χ4v) is 4.93. The van der Waals surface area contributed by atoms with E-state index in [4.69, 9.17) is 0 Å². The van der Waals surface area contributed by atoms with Gasteiger partial charge in [-0.25, -0.2) is 4.98 Å². The highest BCUT2D eigenvalue weighted by molar-refractivity contribution is 9.10. The molecule has 30 heavy (non-hydrogen) atoms. The molecule has 0 aliphatic rings. The summed E-state index contributed by atoms with van der Waals surface area (Å²) >= 11 is 6.33. The molecule has 5 nitrogen and oxygen atoms in total. The molecule has 1 aromatic heterocycles. The summed E-state index contributed by atoms with van der Waals surface area (Å²) in [6.45, 7) is 0. The highest BCUT2D eigenvalue weighted by Crippen LogP contribution is 2.32. The number of carbonyl (C=O) groups is 1. The average molecular weight is 498 g/mol. The van der Waals surface area contributed by atoms with Crippen molar-refractivity contribution < 1.29 is 9.90 Å². The number of phenolic OH excluding ortho intramolecular Hbond substituents is 1. The Morgan fingerprint density at radius 3 is 2.83 bits per heavy atom. The number of hydrogen-bond acceptors (Lipinski definition) is 6. The van der Waals surface area contributed by atoms with Gasteiger partial charge in [0.1, 0.15) is 5.75 Å². The Labute approximate surface area is 190 Å². The van der Waals surface area contributed by atoms with Gasteiger partial charge in [-0.15, -0.1) is 11.3 Å². The lowest BCUT2D eigenvalue weighted by atomic mass is 10.2. The topological polar surface area (TPSA) is 74.6 Å². The van der Waals surface area contributed by atoms with Gasteiger partial charge in [-0.2, -0.15) is 0 Å². The smallest absolute Gasteiger partial charge is 0.234 e. The fourth-order valence-electron chi connectivity index (χ4n) is 2.65. The number of halogens is 1. The number of anilines is 1. The van der Waals surface area contributed by atoms with Crippen LogP contribution in [0.25, 0.3) is 10.2 Å². The number of aliphatic imine (C=N–C) groups is 1. The minimum absolute atomic E-state index is 0.0652. The van der Waals surface area contributed by atoms with Crippen LogP contribution in [0.4, 0.5) is 11.4 Å². The van der Waals surface area contributed by atoms with Crippen molar-refractivity contribution in [1.29, 1.82) is 0 Å². The highest BCUT2D eigenvalue weighted by atomic mass is 79.9. The Kier molecular flexibility index (Phi) is 6.47. The minimum atomic E-state index is -0.0652. The first kappa shape index (κ1) is 20.6. The van der Waals surface area contributed by atoms with E-state index >= 15 is 0 Å². The summed E-state index contributed by atoms with van der Waals surface area (Å²) in [7, 11) is 0. The summed E-state index contributed by atoms with van der Waals surface area (Å²) in [5.74, 6) is 0.403. The number of fused-ring (bicyclic) bond motifs is 1. The van der Waals surface area contributed by atoms with Gasteiger partial charge in [0, 0.05) is 21.9 Å². The predicted octanol–water partition coefficient (Wildman–Crippen LogP) is 6.25. The number of amides is 1. The van der Waals surface area contributed by atoms with Crippen LogP contribution in [0.5, 0.6) is 5.75 Å². The molecule has 0 saturated heterocycles. The summed E-state index contributed by atoms with van der Waals surface area (Å²) in [5, 5.41) is 12.8. The molecule has 1 amide bonds. The first-order chi connectivity index (χ1) is 14.6. The van der Waals surface area contributed by atoms with Crippen LogP contribution in [-0.4, -0.2) is 28.0 Å². The average Bonchev–Trinajstić information content (AvgIpc) is 3.16. The van der Waals surface area contributed by atoms with Crippen LogP contribution >= 0.6 is 39.0 Å². The second-order valence-corrected chi connectivity index (χ2v) is 9.46. The lowest BCUT2D eigenvalue weighted by molar-refractivity contribution is -0.113. The third-order valence-electron chi connectivity index (χ3n) is 4.08. The van der Waals surface area contributed by atoms with E-state index in [1.165, 1.54) is 23.1 Å². The quantitative estimate of drug-likeness (QED) is 0.244. The molecule has 4 rings (SSSR count). The molecule has 0 aliphatic heterocycles. The number of carbonyl (C=O) groups excluding carboxylic acids is 1. The standard InChI is InChI=1S/C22H16BrN3O2S2/c23-15-6-9-19(27)14(10-15)12-24-17-7-8-18-20(11-17)30-22(26-18)29-13-21(28)25-16-4-2-1-3-5-16/h1-12,27H,13H2,(H,25,28). The van der Waals surface area contributed by atoms with Crippen molar-refractivity contribution in [2.45, 2.75) is 4.34 Å². The van der Waals surface area contributed by atoms with Crippen LogP contribution in [0.1, 0.15) is 5.56 Å². The molecular weight excluding hydrogens is 482 g/mol. The number of para-hydroxylation sites is 1. The van der Waals surface area contributed by atoms with E-state index in [-0.39, 0.29) is 11.7 Å². The van der Waals surface area contributed by atoms with Gasteiger partial charge in [-0.3, -0.25) is 9.79 Å². The van der Waals surface area contributed by atoms with Crippen LogP contribution in [-0.2, 0) is 4.79 Å². The van der Waals surface area contributed by atoms with Crippen LogP contribution in [0.2, 0.25) is 0 Å². The van der Waals surface area contributed by atoms with Crippen molar-refractivity contribution >= 4 is 72.7 Å². The van der Waals surface area contributed by atoms with E-state index in [0.717, 1.165) is 30.4 Å². The number of hydrogen-bond donors (Lipinski definition) is 2. The predicted molar refractivity (Wildman–Crippen MR) is 128 cm³/mol. The molecule has 0 saturated carbocycles.